The molecule has 0 saturated carbocycles. The standard InChI is InChI=1S/C10H7NO4/c12-5-8-3-1-2-4-9(8)10(14)11-6-15-7-13/h1-7H. The van der Waals surface area contributed by atoms with Crippen molar-refractivity contribution in [3.05, 3.63) is 35.4 Å². The molecule has 15 heavy (non-hydrogen) atoms. The molecule has 0 aromatic heterocycles. The summed E-state index contributed by atoms with van der Waals surface area (Å²) in [6.07, 6.45) is 1.28. The van der Waals surface area contributed by atoms with Crippen molar-refractivity contribution < 1.29 is 19.1 Å². The number of hydrogen-bond donors (Lipinski definition) is 0. The van der Waals surface area contributed by atoms with Crippen LogP contribution in [0.25, 0.3) is 0 Å². The van der Waals surface area contributed by atoms with Gasteiger partial charge in [-0.3, -0.25) is 14.4 Å². The van der Waals surface area contributed by atoms with Gasteiger partial charge in [-0.15, -0.1) is 0 Å². The summed E-state index contributed by atoms with van der Waals surface area (Å²) in [6, 6.07) is 6.20. The van der Waals surface area contributed by atoms with Gasteiger partial charge < -0.3 is 4.74 Å². The smallest absolute Gasteiger partial charge is 0.299 e. The van der Waals surface area contributed by atoms with Gasteiger partial charge in [0.15, 0.2) is 12.7 Å². The van der Waals surface area contributed by atoms with Crippen LogP contribution in [0.2, 0.25) is 0 Å². The van der Waals surface area contributed by atoms with Gasteiger partial charge >= 0.3 is 0 Å². The molecule has 0 aliphatic heterocycles. The number of amides is 1. The Balaban J connectivity index is 2.90. The molecular weight excluding hydrogens is 198 g/mol. The van der Waals surface area contributed by atoms with Gasteiger partial charge in [-0.25, -0.2) is 0 Å². The number of benzene rings is 1. The van der Waals surface area contributed by atoms with Crippen LogP contribution in [0.1, 0.15) is 20.7 Å². The molecule has 0 N–H and O–H groups in total. The molecule has 1 aromatic carbocycles. The number of aliphatic imine (C=N–C) groups is 1. The van der Waals surface area contributed by atoms with Crippen LogP contribution in [0.4, 0.5) is 0 Å². The minimum absolute atomic E-state index is 0.141. The highest BCUT2D eigenvalue weighted by Crippen LogP contribution is 2.07. The maximum Gasteiger partial charge on any atom is 0.299 e. The van der Waals surface area contributed by atoms with Crippen molar-refractivity contribution in [3.63, 3.8) is 0 Å². The van der Waals surface area contributed by atoms with Crippen LogP contribution in [-0.2, 0) is 9.53 Å². The monoisotopic (exact) mass is 205 g/mol. The fourth-order valence-electron chi connectivity index (χ4n) is 0.967. The van der Waals surface area contributed by atoms with Crippen molar-refractivity contribution in [2.45, 2.75) is 0 Å². The summed E-state index contributed by atoms with van der Waals surface area (Å²) in [5.41, 5.74) is 0.406. The van der Waals surface area contributed by atoms with Crippen LogP contribution in [-0.4, -0.2) is 25.1 Å². The van der Waals surface area contributed by atoms with Crippen molar-refractivity contribution in [2.24, 2.45) is 4.99 Å². The second-order valence-corrected chi connectivity index (χ2v) is 2.48. The first-order chi connectivity index (χ1) is 7.29. The topological polar surface area (TPSA) is 72.8 Å². The lowest BCUT2D eigenvalue weighted by Gasteiger charge is -1.97. The molecule has 0 unspecified atom stereocenters. The molecule has 1 aromatic rings. The molecule has 0 bridgehead atoms. The van der Waals surface area contributed by atoms with Crippen LogP contribution in [0.15, 0.2) is 29.3 Å². The SMILES string of the molecule is O=COC=NC(=O)c1ccccc1C=O. The maximum absolute atomic E-state index is 11.3. The van der Waals surface area contributed by atoms with Crippen LogP contribution in [0.5, 0.6) is 0 Å². The normalized spacial score (nSPS) is 9.87. The van der Waals surface area contributed by atoms with E-state index in [0.29, 0.717) is 6.29 Å². The number of nitrogens with zero attached hydrogens (tertiary/aromatic N) is 1. The summed E-state index contributed by atoms with van der Waals surface area (Å²) in [5, 5.41) is 0. The Morgan fingerprint density at radius 1 is 1.27 bits per heavy atom. The molecule has 0 atom stereocenters. The Morgan fingerprint density at radius 2 is 2.00 bits per heavy atom. The van der Waals surface area contributed by atoms with Gasteiger partial charge in [0.05, 0.1) is 5.56 Å². The number of aldehydes is 1. The van der Waals surface area contributed by atoms with E-state index >= 15 is 0 Å². The Bertz CT molecular complexity index is 412. The average molecular weight is 205 g/mol. The molecule has 0 radical (unpaired) electrons. The summed E-state index contributed by atoms with van der Waals surface area (Å²) in [7, 11) is 0. The van der Waals surface area contributed by atoms with Gasteiger partial charge in [0, 0.05) is 5.56 Å². The summed E-state index contributed by atoms with van der Waals surface area (Å²) in [4.78, 5) is 35.0. The molecule has 0 aliphatic carbocycles. The van der Waals surface area contributed by atoms with E-state index in [-0.39, 0.29) is 17.6 Å². The Morgan fingerprint density at radius 3 is 2.67 bits per heavy atom. The lowest BCUT2D eigenvalue weighted by molar-refractivity contribution is -0.121. The molecule has 0 spiro atoms. The molecule has 0 saturated heterocycles. The lowest BCUT2D eigenvalue weighted by Crippen LogP contribution is -2.01. The van der Waals surface area contributed by atoms with Crippen molar-refractivity contribution in [3.8, 4) is 0 Å². The molecule has 0 aliphatic rings. The van der Waals surface area contributed by atoms with Gasteiger partial charge in [-0.1, -0.05) is 18.2 Å². The summed E-state index contributed by atoms with van der Waals surface area (Å²) in [6.45, 7) is 0.141. The largest absolute Gasteiger partial charge is 0.417 e. The molecule has 76 valence electrons. The molecule has 0 heterocycles. The highest BCUT2D eigenvalue weighted by molar-refractivity contribution is 6.04. The maximum atomic E-state index is 11.3. The Hall–Kier alpha value is -2.30. The number of ether oxygens (including phenoxy) is 1. The van der Waals surface area contributed by atoms with E-state index in [9.17, 15) is 14.4 Å². The molecule has 5 nitrogen and oxygen atoms in total. The number of carbonyl (C=O) groups is 3. The highest BCUT2D eigenvalue weighted by atomic mass is 16.5. The minimum Gasteiger partial charge on any atom is -0.417 e. The summed E-state index contributed by atoms with van der Waals surface area (Å²) < 4.78 is 4.12. The summed E-state index contributed by atoms with van der Waals surface area (Å²) >= 11 is 0. The molecular formula is C10H7NO4. The fourth-order valence-corrected chi connectivity index (χ4v) is 0.967. The van der Waals surface area contributed by atoms with E-state index in [1.165, 1.54) is 12.1 Å². The number of carbonyl (C=O) groups excluding carboxylic acids is 3. The molecule has 1 amide bonds. The van der Waals surface area contributed by atoms with E-state index < -0.39 is 5.91 Å². The molecule has 5 heteroatoms. The van der Waals surface area contributed by atoms with Gasteiger partial charge in [0.1, 0.15) is 0 Å². The zero-order valence-corrected chi connectivity index (χ0v) is 7.62. The predicted molar refractivity (Wildman–Crippen MR) is 51.8 cm³/mol. The third-order valence-corrected chi connectivity index (χ3v) is 1.60. The van der Waals surface area contributed by atoms with E-state index in [1.807, 2.05) is 0 Å². The van der Waals surface area contributed by atoms with Crippen LogP contribution in [0.3, 0.4) is 0 Å². The zero-order chi connectivity index (χ0) is 11.1. The van der Waals surface area contributed by atoms with Gasteiger partial charge in [0.2, 0.25) is 0 Å². The number of hydrogen-bond acceptors (Lipinski definition) is 4. The predicted octanol–water partition coefficient (Wildman–Crippen LogP) is 0.841. The first kappa shape index (κ1) is 10.8. The lowest BCUT2D eigenvalue weighted by atomic mass is 10.1. The third-order valence-electron chi connectivity index (χ3n) is 1.60. The third kappa shape index (κ3) is 2.84. The fraction of sp³-hybridized carbons (Fsp3) is 0. The summed E-state index contributed by atoms with van der Waals surface area (Å²) in [5.74, 6) is -0.639. The van der Waals surface area contributed by atoms with Crippen LogP contribution >= 0.6 is 0 Å². The van der Waals surface area contributed by atoms with Gasteiger partial charge in [-0.2, -0.15) is 4.99 Å². The first-order valence-electron chi connectivity index (χ1n) is 3.99. The Labute approximate surface area is 85.4 Å². The van der Waals surface area contributed by atoms with E-state index in [2.05, 4.69) is 9.73 Å². The van der Waals surface area contributed by atoms with Crippen molar-refractivity contribution in [1.82, 2.24) is 0 Å². The number of rotatable bonds is 4. The highest BCUT2D eigenvalue weighted by Gasteiger charge is 2.07. The average Bonchev–Trinajstić information content (AvgIpc) is 2.29. The Kier molecular flexibility index (Phi) is 3.91. The van der Waals surface area contributed by atoms with Gasteiger partial charge in [0.25, 0.3) is 12.4 Å². The second-order valence-electron chi connectivity index (χ2n) is 2.48. The zero-order valence-electron chi connectivity index (χ0n) is 7.62. The van der Waals surface area contributed by atoms with Crippen molar-refractivity contribution in [2.75, 3.05) is 0 Å². The van der Waals surface area contributed by atoms with Crippen molar-refractivity contribution in [1.29, 1.82) is 0 Å². The second kappa shape index (κ2) is 5.43. The quantitative estimate of drug-likeness (QED) is 0.414. The van der Waals surface area contributed by atoms with Gasteiger partial charge in [-0.05, 0) is 6.07 Å². The molecule has 0 fully saturated rings. The van der Waals surface area contributed by atoms with E-state index in [1.54, 1.807) is 12.1 Å². The first-order valence-corrected chi connectivity index (χ1v) is 3.99. The van der Waals surface area contributed by atoms with Crippen LogP contribution in [0, 0.1) is 0 Å². The van der Waals surface area contributed by atoms with Crippen LogP contribution < -0.4 is 0 Å². The van der Waals surface area contributed by atoms with E-state index in [4.69, 9.17) is 0 Å². The van der Waals surface area contributed by atoms with E-state index in [0.717, 1.165) is 6.40 Å². The van der Waals surface area contributed by atoms with Crippen molar-refractivity contribution >= 4 is 25.1 Å². The minimum atomic E-state index is -0.639. The molecule has 1 rings (SSSR count).